The number of hydrogen-bond donors (Lipinski definition) is 1. The summed E-state index contributed by atoms with van der Waals surface area (Å²) < 4.78 is 2.08. The molecule has 1 atom stereocenters. The maximum absolute atomic E-state index is 11.6. The van der Waals surface area contributed by atoms with E-state index in [4.69, 9.17) is 10.7 Å². The number of aryl methyl sites for hydroxylation is 1. The number of nitrogens with zero attached hydrogens (tertiary/aromatic N) is 6. The van der Waals surface area contributed by atoms with E-state index in [1.165, 1.54) is 12.8 Å². The molecule has 154 valence electrons. The van der Waals surface area contributed by atoms with Gasteiger partial charge in [0.15, 0.2) is 17.5 Å². The first-order valence-corrected chi connectivity index (χ1v) is 10.6. The van der Waals surface area contributed by atoms with Gasteiger partial charge in [0.1, 0.15) is 11.5 Å². The molecule has 2 aromatic heterocycles. The van der Waals surface area contributed by atoms with Crippen molar-refractivity contribution in [3.05, 3.63) is 47.7 Å². The van der Waals surface area contributed by atoms with Gasteiger partial charge < -0.3 is 10.6 Å². The number of amides is 1. The normalized spacial score (nSPS) is 18.3. The molecule has 8 heteroatoms. The molecule has 0 bridgehead atoms. The second-order valence-electron chi connectivity index (χ2n) is 8.06. The van der Waals surface area contributed by atoms with Crippen molar-refractivity contribution in [1.29, 1.82) is 0 Å². The molecule has 0 radical (unpaired) electrons. The zero-order valence-corrected chi connectivity index (χ0v) is 17.2. The number of rotatable bonds is 4. The van der Waals surface area contributed by atoms with Crippen LogP contribution in [-0.4, -0.2) is 36.7 Å². The zero-order chi connectivity index (χ0) is 20.8. The van der Waals surface area contributed by atoms with Crippen molar-refractivity contribution in [1.82, 2.24) is 24.7 Å². The first-order valence-electron chi connectivity index (χ1n) is 10.6. The van der Waals surface area contributed by atoms with Gasteiger partial charge in [-0.25, -0.2) is 9.97 Å². The SMILES string of the molecule is CC[C@@H]1c2nnc(C)n2-c2cnc(-c3cccc(C(N)=O)c3)nc2N1C1CCCC1. The molecule has 30 heavy (non-hydrogen) atoms. The van der Waals surface area contributed by atoms with E-state index in [0.29, 0.717) is 17.4 Å². The summed E-state index contributed by atoms with van der Waals surface area (Å²) in [5, 5.41) is 8.85. The highest BCUT2D eigenvalue weighted by Crippen LogP contribution is 2.43. The molecule has 0 spiro atoms. The molecule has 8 nitrogen and oxygen atoms in total. The van der Waals surface area contributed by atoms with Crippen LogP contribution in [0.4, 0.5) is 5.82 Å². The lowest BCUT2D eigenvalue weighted by Crippen LogP contribution is -2.42. The summed E-state index contributed by atoms with van der Waals surface area (Å²) in [6.45, 7) is 4.15. The number of fused-ring (bicyclic) bond motifs is 3. The number of carbonyl (C=O) groups is 1. The number of aromatic nitrogens is 5. The van der Waals surface area contributed by atoms with Crippen LogP contribution in [0.5, 0.6) is 0 Å². The van der Waals surface area contributed by atoms with Gasteiger partial charge in [-0.3, -0.25) is 9.36 Å². The number of benzene rings is 1. The summed E-state index contributed by atoms with van der Waals surface area (Å²) in [5.74, 6) is 2.84. The minimum absolute atomic E-state index is 0.126. The smallest absolute Gasteiger partial charge is 0.248 e. The van der Waals surface area contributed by atoms with Gasteiger partial charge in [-0.1, -0.05) is 31.9 Å². The molecule has 1 saturated carbocycles. The lowest BCUT2D eigenvalue weighted by molar-refractivity contribution is 0.100. The third-order valence-corrected chi connectivity index (χ3v) is 6.23. The van der Waals surface area contributed by atoms with Crippen LogP contribution in [0.3, 0.4) is 0 Å². The van der Waals surface area contributed by atoms with Crippen molar-refractivity contribution in [3.63, 3.8) is 0 Å². The largest absolute Gasteiger partial charge is 0.366 e. The Balaban J connectivity index is 1.69. The van der Waals surface area contributed by atoms with Gasteiger partial charge in [0.2, 0.25) is 5.91 Å². The van der Waals surface area contributed by atoms with Gasteiger partial charge in [-0.15, -0.1) is 10.2 Å². The van der Waals surface area contributed by atoms with Crippen LogP contribution in [-0.2, 0) is 0 Å². The van der Waals surface area contributed by atoms with E-state index < -0.39 is 5.91 Å². The number of primary amides is 1. The molecule has 1 fully saturated rings. The van der Waals surface area contributed by atoms with Crippen molar-refractivity contribution < 1.29 is 4.79 Å². The lowest BCUT2D eigenvalue weighted by atomic mass is 10.0. The van der Waals surface area contributed by atoms with Crippen LogP contribution < -0.4 is 10.6 Å². The van der Waals surface area contributed by atoms with E-state index in [9.17, 15) is 4.79 Å². The zero-order valence-electron chi connectivity index (χ0n) is 17.2. The van der Waals surface area contributed by atoms with Crippen molar-refractivity contribution in [3.8, 4) is 17.1 Å². The molecule has 1 aromatic carbocycles. The minimum atomic E-state index is -0.460. The summed E-state index contributed by atoms with van der Waals surface area (Å²) in [4.78, 5) is 23.7. The highest BCUT2D eigenvalue weighted by atomic mass is 16.1. The Morgan fingerprint density at radius 3 is 2.77 bits per heavy atom. The van der Waals surface area contributed by atoms with Crippen LogP contribution in [0.25, 0.3) is 17.1 Å². The highest BCUT2D eigenvalue weighted by Gasteiger charge is 2.39. The van der Waals surface area contributed by atoms with Gasteiger partial charge in [0.05, 0.1) is 12.2 Å². The molecule has 0 unspecified atom stereocenters. The van der Waals surface area contributed by atoms with Crippen molar-refractivity contribution in [2.75, 3.05) is 4.90 Å². The van der Waals surface area contributed by atoms with Crippen LogP contribution in [0, 0.1) is 6.92 Å². The monoisotopic (exact) mass is 403 g/mol. The van der Waals surface area contributed by atoms with Crippen molar-refractivity contribution in [2.45, 2.75) is 58.0 Å². The summed E-state index contributed by atoms with van der Waals surface area (Å²) in [7, 11) is 0. The summed E-state index contributed by atoms with van der Waals surface area (Å²) >= 11 is 0. The minimum Gasteiger partial charge on any atom is -0.366 e. The second-order valence-corrected chi connectivity index (χ2v) is 8.06. The quantitative estimate of drug-likeness (QED) is 0.717. The molecule has 1 aliphatic heterocycles. The summed E-state index contributed by atoms with van der Waals surface area (Å²) in [6.07, 6.45) is 7.54. The molecule has 1 aliphatic carbocycles. The van der Waals surface area contributed by atoms with Crippen LogP contribution in [0.1, 0.15) is 67.1 Å². The van der Waals surface area contributed by atoms with Crippen molar-refractivity contribution >= 4 is 11.7 Å². The van der Waals surface area contributed by atoms with E-state index in [1.54, 1.807) is 12.1 Å². The summed E-state index contributed by atoms with van der Waals surface area (Å²) in [5.41, 5.74) is 7.61. The van der Waals surface area contributed by atoms with E-state index in [-0.39, 0.29) is 6.04 Å². The van der Waals surface area contributed by atoms with Gasteiger partial charge in [-0.05, 0) is 38.3 Å². The van der Waals surface area contributed by atoms with E-state index in [2.05, 4.69) is 31.6 Å². The Hall–Kier alpha value is -3.29. The number of nitrogens with two attached hydrogens (primary N) is 1. The third-order valence-electron chi connectivity index (χ3n) is 6.23. The Labute approximate surface area is 175 Å². The molecule has 0 saturated heterocycles. The predicted molar refractivity (Wildman–Crippen MR) is 113 cm³/mol. The van der Waals surface area contributed by atoms with Crippen LogP contribution >= 0.6 is 0 Å². The average Bonchev–Trinajstić information content (AvgIpc) is 3.42. The van der Waals surface area contributed by atoms with Crippen LogP contribution in [0.15, 0.2) is 30.5 Å². The summed E-state index contributed by atoms with van der Waals surface area (Å²) in [6, 6.07) is 7.72. The molecule has 5 rings (SSSR count). The highest BCUT2D eigenvalue weighted by molar-refractivity contribution is 5.93. The van der Waals surface area contributed by atoms with Gasteiger partial charge in [0, 0.05) is 17.2 Å². The molecule has 2 N–H and O–H groups in total. The predicted octanol–water partition coefficient (Wildman–Crippen LogP) is 3.35. The fourth-order valence-corrected chi connectivity index (χ4v) is 4.82. The second kappa shape index (κ2) is 7.19. The fraction of sp³-hybridized carbons (Fsp3) is 0.409. The van der Waals surface area contributed by atoms with Gasteiger partial charge >= 0.3 is 0 Å². The first kappa shape index (κ1) is 18.7. The molecule has 1 amide bonds. The molecular weight excluding hydrogens is 378 g/mol. The Bertz CT molecular complexity index is 1120. The average molecular weight is 403 g/mol. The topological polar surface area (TPSA) is 103 Å². The van der Waals surface area contributed by atoms with Gasteiger partial charge in [-0.2, -0.15) is 0 Å². The molecule has 3 heterocycles. The van der Waals surface area contributed by atoms with Crippen LogP contribution in [0.2, 0.25) is 0 Å². The molecule has 2 aliphatic rings. The first-order chi connectivity index (χ1) is 14.6. The third kappa shape index (κ3) is 2.86. The Morgan fingerprint density at radius 1 is 1.23 bits per heavy atom. The number of hydrogen-bond acceptors (Lipinski definition) is 6. The molecular formula is C22H25N7O. The fourth-order valence-electron chi connectivity index (χ4n) is 4.82. The maximum atomic E-state index is 11.6. The van der Waals surface area contributed by atoms with Gasteiger partial charge in [0.25, 0.3) is 0 Å². The lowest BCUT2D eigenvalue weighted by Gasteiger charge is -2.41. The number of anilines is 1. The van der Waals surface area contributed by atoms with E-state index >= 15 is 0 Å². The van der Waals surface area contributed by atoms with E-state index in [0.717, 1.165) is 48.0 Å². The van der Waals surface area contributed by atoms with E-state index in [1.807, 2.05) is 25.3 Å². The van der Waals surface area contributed by atoms with Crippen molar-refractivity contribution in [2.24, 2.45) is 5.73 Å². The maximum Gasteiger partial charge on any atom is 0.248 e. The Kier molecular flexibility index (Phi) is 4.49. The Morgan fingerprint density at radius 2 is 2.03 bits per heavy atom. The molecule has 3 aromatic rings. The number of carbonyl (C=O) groups excluding carboxylic acids is 1. The standard InChI is InChI=1S/C22H25N7O/c1-3-17-22-27-26-13(2)28(22)18-12-24-20(15-8-6-7-14(11-15)19(23)30)25-21(18)29(17)16-9-4-5-10-16/h6-8,11-12,16-17H,3-5,9-10H2,1-2H3,(H2,23,30)/t17-/m1/s1.